The molecule has 2 heterocycles. The van der Waals surface area contributed by atoms with Gasteiger partial charge in [0.1, 0.15) is 0 Å². The van der Waals surface area contributed by atoms with Crippen molar-refractivity contribution < 1.29 is 4.74 Å². The Labute approximate surface area is 96.4 Å². The minimum Gasteiger partial charge on any atom is -0.374 e. The molecule has 0 saturated carbocycles. The molecule has 2 atom stereocenters. The number of hydrogen-bond acceptors (Lipinski definition) is 3. The SMILES string of the molecule is c1ccc(CN2CCO[C@H]3CNC[C@@H]32)cc1. The zero-order valence-electron chi connectivity index (χ0n) is 9.43. The fraction of sp³-hybridized carbons (Fsp3) is 0.538. The number of hydrogen-bond donors (Lipinski definition) is 1. The molecule has 2 saturated heterocycles. The molecule has 86 valence electrons. The first-order chi connectivity index (χ1) is 7.93. The Hall–Kier alpha value is -0.900. The Kier molecular flexibility index (Phi) is 2.91. The van der Waals surface area contributed by atoms with E-state index in [1.54, 1.807) is 0 Å². The summed E-state index contributed by atoms with van der Waals surface area (Å²) in [5.41, 5.74) is 1.40. The molecule has 1 aromatic rings. The largest absolute Gasteiger partial charge is 0.374 e. The quantitative estimate of drug-likeness (QED) is 0.797. The van der Waals surface area contributed by atoms with E-state index in [2.05, 4.69) is 40.5 Å². The summed E-state index contributed by atoms with van der Waals surface area (Å²) in [6.07, 6.45) is 0.400. The van der Waals surface area contributed by atoms with E-state index in [1.807, 2.05) is 0 Å². The van der Waals surface area contributed by atoms with Crippen molar-refractivity contribution >= 4 is 0 Å². The molecule has 3 heteroatoms. The van der Waals surface area contributed by atoms with E-state index in [-0.39, 0.29) is 0 Å². The molecule has 3 rings (SSSR count). The predicted molar refractivity (Wildman–Crippen MR) is 63.2 cm³/mol. The van der Waals surface area contributed by atoms with Gasteiger partial charge in [0.05, 0.1) is 12.7 Å². The monoisotopic (exact) mass is 218 g/mol. The van der Waals surface area contributed by atoms with E-state index in [1.165, 1.54) is 5.56 Å². The van der Waals surface area contributed by atoms with E-state index in [0.717, 1.165) is 32.8 Å². The van der Waals surface area contributed by atoms with Crippen LogP contribution in [0.2, 0.25) is 0 Å². The van der Waals surface area contributed by atoms with Gasteiger partial charge in [-0.3, -0.25) is 4.90 Å². The van der Waals surface area contributed by atoms with Gasteiger partial charge in [-0.2, -0.15) is 0 Å². The van der Waals surface area contributed by atoms with Crippen LogP contribution < -0.4 is 5.32 Å². The van der Waals surface area contributed by atoms with Crippen molar-refractivity contribution in [3.8, 4) is 0 Å². The summed E-state index contributed by atoms with van der Waals surface area (Å²) in [6.45, 7) is 5.05. The number of nitrogens with one attached hydrogen (secondary N) is 1. The van der Waals surface area contributed by atoms with Gasteiger partial charge in [0.2, 0.25) is 0 Å². The first kappa shape index (κ1) is 10.3. The van der Waals surface area contributed by atoms with E-state index >= 15 is 0 Å². The number of ether oxygens (including phenoxy) is 1. The van der Waals surface area contributed by atoms with Crippen LogP contribution >= 0.6 is 0 Å². The maximum Gasteiger partial charge on any atom is 0.0867 e. The summed E-state index contributed by atoms with van der Waals surface area (Å²) < 4.78 is 5.77. The molecule has 2 aliphatic heterocycles. The van der Waals surface area contributed by atoms with Crippen LogP contribution in [0, 0.1) is 0 Å². The summed E-state index contributed by atoms with van der Waals surface area (Å²) in [5, 5.41) is 3.41. The maximum absolute atomic E-state index is 5.77. The van der Waals surface area contributed by atoms with Crippen LogP contribution in [0.1, 0.15) is 5.56 Å². The minimum atomic E-state index is 0.400. The highest BCUT2D eigenvalue weighted by Crippen LogP contribution is 2.19. The lowest BCUT2D eigenvalue weighted by molar-refractivity contribution is -0.0500. The van der Waals surface area contributed by atoms with Gasteiger partial charge in [0.15, 0.2) is 0 Å². The van der Waals surface area contributed by atoms with Gasteiger partial charge in [-0.15, -0.1) is 0 Å². The Morgan fingerprint density at radius 3 is 3.00 bits per heavy atom. The lowest BCUT2D eigenvalue weighted by Crippen LogP contribution is -2.50. The molecule has 0 unspecified atom stereocenters. The molecule has 2 fully saturated rings. The third-order valence-electron chi connectivity index (χ3n) is 3.54. The van der Waals surface area contributed by atoms with Crippen LogP contribution in [0.3, 0.4) is 0 Å². The number of fused-ring (bicyclic) bond motifs is 1. The van der Waals surface area contributed by atoms with Crippen LogP contribution in [0.15, 0.2) is 30.3 Å². The van der Waals surface area contributed by atoms with Crippen molar-refractivity contribution in [3.63, 3.8) is 0 Å². The minimum absolute atomic E-state index is 0.400. The van der Waals surface area contributed by atoms with Crippen molar-refractivity contribution in [2.24, 2.45) is 0 Å². The standard InChI is InChI=1S/C13H18N2O/c1-2-4-11(5-3-1)10-15-6-7-16-13-9-14-8-12(13)15/h1-5,12-14H,6-10H2/t12-,13-/m0/s1. The second-order valence-corrected chi connectivity index (χ2v) is 4.59. The van der Waals surface area contributed by atoms with Crippen LogP contribution in [-0.2, 0) is 11.3 Å². The molecular weight excluding hydrogens is 200 g/mol. The van der Waals surface area contributed by atoms with Crippen molar-refractivity contribution in [2.45, 2.75) is 18.7 Å². The van der Waals surface area contributed by atoms with Gasteiger partial charge in [0.25, 0.3) is 0 Å². The third-order valence-corrected chi connectivity index (χ3v) is 3.54. The first-order valence-corrected chi connectivity index (χ1v) is 6.04. The average molecular weight is 218 g/mol. The number of nitrogens with zero attached hydrogens (tertiary/aromatic N) is 1. The molecule has 0 bridgehead atoms. The maximum atomic E-state index is 5.77. The molecule has 1 N–H and O–H groups in total. The molecule has 0 aromatic heterocycles. The summed E-state index contributed by atoms with van der Waals surface area (Å²) in [4.78, 5) is 2.55. The zero-order valence-corrected chi connectivity index (χ0v) is 9.43. The van der Waals surface area contributed by atoms with Gasteiger partial charge >= 0.3 is 0 Å². The molecule has 0 aliphatic carbocycles. The molecule has 0 amide bonds. The van der Waals surface area contributed by atoms with Gasteiger partial charge in [-0.1, -0.05) is 30.3 Å². The summed E-state index contributed by atoms with van der Waals surface area (Å²) in [5.74, 6) is 0. The van der Waals surface area contributed by atoms with Gasteiger partial charge in [-0.05, 0) is 5.56 Å². The Morgan fingerprint density at radius 1 is 1.25 bits per heavy atom. The smallest absolute Gasteiger partial charge is 0.0867 e. The average Bonchev–Trinajstić information content (AvgIpc) is 2.80. The third kappa shape index (κ3) is 1.98. The zero-order chi connectivity index (χ0) is 10.8. The fourth-order valence-corrected chi connectivity index (χ4v) is 2.68. The molecule has 3 nitrogen and oxygen atoms in total. The second-order valence-electron chi connectivity index (χ2n) is 4.59. The lowest BCUT2D eigenvalue weighted by Gasteiger charge is -2.36. The number of benzene rings is 1. The van der Waals surface area contributed by atoms with Crippen LogP contribution in [-0.4, -0.2) is 43.3 Å². The van der Waals surface area contributed by atoms with E-state index in [4.69, 9.17) is 4.74 Å². The number of morpholine rings is 1. The van der Waals surface area contributed by atoms with Crippen LogP contribution in [0.5, 0.6) is 0 Å². The van der Waals surface area contributed by atoms with Crippen molar-refractivity contribution in [1.29, 1.82) is 0 Å². The molecule has 16 heavy (non-hydrogen) atoms. The van der Waals surface area contributed by atoms with E-state index in [9.17, 15) is 0 Å². The van der Waals surface area contributed by atoms with Gasteiger partial charge in [-0.25, -0.2) is 0 Å². The normalized spacial score (nSPS) is 30.2. The Balaban J connectivity index is 1.70. The highest BCUT2D eigenvalue weighted by molar-refractivity contribution is 5.15. The highest BCUT2D eigenvalue weighted by Gasteiger charge is 2.35. The topological polar surface area (TPSA) is 24.5 Å². The van der Waals surface area contributed by atoms with E-state index < -0.39 is 0 Å². The Bertz CT molecular complexity index is 341. The molecular formula is C13H18N2O. The Morgan fingerprint density at radius 2 is 2.12 bits per heavy atom. The van der Waals surface area contributed by atoms with E-state index in [0.29, 0.717) is 12.1 Å². The second kappa shape index (κ2) is 4.53. The first-order valence-electron chi connectivity index (χ1n) is 6.04. The van der Waals surface area contributed by atoms with Gasteiger partial charge in [0, 0.05) is 32.2 Å². The highest BCUT2D eigenvalue weighted by atomic mass is 16.5. The van der Waals surface area contributed by atoms with Crippen molar-refractivity contribution in [3.05, 3.63) is 35.9 Å². The van der Waals surface area contributed by atoms with Crippen LogP contribution in [0.4, 0.5) is 0 Å². The van der Waals surface area contributed by atoms with Crippen molar-refractivity contribution in [2.75, 3.05) is 26.2 Å². The summed E-state index contributed by atoms with van der Waals surface area (Å²) in [6, 6.07) is 11.3. The molecule has 1 aromatic carbocycles. The van der Waals surface area contributed by atoms with Crippen molar-refractivity contribution in [1.82, 2.24) is 10.2 Å². The summed E-state index contributed by atoms with van der Waals surface area (Å²) in [7, 11) is 0. The number of rotatable bonds is 2. The van der Waals surface area contributed by atoms with Gasteiger partial charge < -0.3 is 10.1 Å². The van der Waals surface area contributed by atoms with Crippen LogP contribution in [0.25, 0.3) is 0 Å². The molecule has 0 spiro atoms. The molecule has 0 radical (unpaired) electrons. The fourth-order valence-electron chi connectivity index (χ4n) is 2.68. The molecule has 2 aliphatic rings. The predicted octanol–water partition coefficient (Wildman–Crippen LogP) is 0.859. The summed E-state index contributed by atoms with van der Waals surface area (Å²) >= 11 is 0. The lowest BCUT2D eigenvalue weighted by atomic mass is 10.1.